The molecule has 1 aliphatic heterocycles. The van der Waals surface area contributed by atoms with E-state index in [1.807, 2.05) is 0 Å². The van der Waals surface area contributed by atoms with Crippen molar-refractivity contribution in [1.29, 1.82) is 0 Å². The third-order valence-corrected chi connectivity index (χ3v) is 3.71. The standard InChI is InChI=1S/C14H17N5O6/c1-6(20)23-4-9-8(24-7(2)21)3-10(25-9)19-5-16-11-12(19)17-14(15)18-13(11)22/h5,8-10H,3-4H2,1-2H3,(H3,15,17,18,22)/t8-,9-,10-/m1/s1. The number of ether oxygens (including phenoxy) is 3. The van der Waals surface area contributed by atoms with Crippen LogP contribution in [0.1, 0.15) is 26.5 Å². The zero-order valence-corrected chi connectivity index (χ0v) is 13.6. The number of nitrogens with two attached hydrogens (primary N) is 1. The van der Waals surface area contributed by atoms with Gasteiger partial charge in [-0.3, -0.25) is 23.9 Å². The Balaban J connectivity index is 1.89. The third kappa shape index (κ3) is 3.45. The number of anilines is 1. The summed E-state index contributed by atoms with van der Waals surface area (Å²) in [4.78, 5) is 44.6. The molecule has 0 bridgehead atoms. The van der Waals surface area contributed by atoms with E-state index in [0.717, 1.165) is 0 Å². The van der Waals surface area contributed by atoms with E-state index in [-0.39, 0.29) is 30.1 Å². The number of imidazole rings is 1. The molecule has 0 aromatic carbocycles. The van der Waals surface area contributed by atoms with Gasteiger partial charge in [0.2, 0.25) is 5.95 Å². The maximum atomic E-state index is 11.9. The molecule has 11 nitrogen and oxygen atoms in total. The molecule has 0 saturated carbocycles. The Morgan fingerprint density at radius 1 is 1.44 bits per heavy atom. The van der Waals surface area contributed by atoms with E-state index >= 15 is 0 Å². The first kappa shape index (κ1) is 16.9. The molecule has 134 valence electrons. The van der Waals surface area contributed by atoms with E-state index in [9.17, 15) is 14.4 Å². The third-order valence-electron chi connectivity index (χ3n) is 3.71. The molecule has 3 rings (SSSR count). The van der Waals surface area contributed by atoms with E-state index in [1.165, 1.54) is 24.7 Å². The lowest BCUT2D eigenvalue weighted by atomic mass is 10.2. The largest absolute Gasteiger partial charge is 0.463 e. The van der Waals surface area contributed by atoms with Crippen LogP contribution in [0.2, 0.25) is 0 Å². The number of nitrogens with zero attached hydrogens (tertiary/aromatic N) is 3. The van der Waals surface area contributed by atoms with E-state index in [0.29, 0.717) is 0 Å². The highest BCUT2D eigenvalue weighted by Gasteiger charge is 2.40. The molecule has 0 unspecified atom stereocenters. The SMILES string of the molecule is CC(=O)OC[C@H]1O[C@@H](n2cnc3c(=O)[nH]c(N)nc32)C[C@H]1OC(C)=O. The fraction of sp³-hybridized carbons (Fsp3) is 0.500. The molecule has 0 radical (unpaired) electrons. The summed E-state index contributed by atoms with van der Waals surface area (Å²) < 4.78 is 17.6. The van der Waals surface area contributed by atoms with Crippen LogP contribution in [0.3, 0.4) is 0 Å². The van der Waals surface area contributed by atoms with Gasteiger partial charge in [-0.15, -0.1) is 0 Å². The van der Waals surface area contributed by atoms with Gasteiger partial charge in [0.15, 0.2) is 11.2 Å². The molecule has 1 fully saturated rings. The Morgan fingerprint density at radius 2 is 2.20 bits per heavy atom. The van der Waals surface area contributed by atoms with Crippen LogP contribution in [-0.4, -0.2) is 50.3 Å². The predicted octanol–water partition coefficient (Wildman–Crippen LogP) is -0.516. The summed E-state index contributed by atoms with van der Waals surface area (Å²) >= 11 is 0. The van der Waals surface area contributed by atoms with Gasteiger partial charge in [0.1, 0.15) is 25.0 Å². The number of nitrogen functional groups attached to an aromatic ring is 1. The lowest BCUT2D eigenvalue weighted by Crippen LogP contribution is -2.31. The van der Waals surface area contributed by atoms with Gasteiger partial charge in [-0.05, 0) is 0 Å². The summed E-state index contributed by atoms with van der Waals surface area (Å²) in [5.74, 6) is -0.996. The number of hydrogen-bond acceptors (Lipinski definition) is 9. The van der Waals surface area contributed by atoms with E-state index < -0.39 is 35.9 Å². The summed E-state index contributed by atoms with van der Waals surface area (Å²) in [6.07, 6.45) is -0.182. The molecule has 11 heteroatoms. The predicted molar refractivity (Wildman–Crippen MR) is 83.3 cm³/mol. The molecular formula is C14H17N5O6. The summed E-state index contributed by atoms with van der Waals surface area (Å²) in [7, 11) is 0. The van der Waals surface area contributed by atoms with Crippen LogP contribution in [0.25, 0.3) is 11.2 Å². The van der Waals surface area contributed by atoms with Crippen molar-refractivity contribution in [2.75, 3.05) is 12.3 Å². The first-order chi connectivity index (χ1) is 11.8. The van der Waals surface area contributed by atoms with Crippen LogP contribution >= 0.6 is 0 Å². The van der Waals surface area contributed by atoms with Gasteiger partial charge in [0, 0.05) is 20.3 Å². The highest BCUT2D eigenvalue weighted by Crippen LogP contribution is 2.32. The summed E-state index contributed by atoms with van der Waals surface area (Å²) in [6, 6.07) is 0. The van der Waals surface area contributed by atoms with Crippen LogP contribution in [0.15, 0.2) is 11.1 Å². The van der Waals surface area contributed by atoms with E-state index in [1.54, 1.807) is 0 Å². The van der Waals surface area contributed by atoms with Crippen LogP contribution in [0.5, 0.6) is 0 Å². The highest BCUT2D eigenvalue weighted by atomic mass is 16.6. The number of H-pyrrole nitrogens is 1. The van der Waals surface area contributed by atoms with Crippen molar-refractivity contribution >= 4 is 29.1 Å². The molecule has 0 spiro atoms. The summed E-state index contributed by atoms with van der Waals surface area (Å²) in [6.45, 7) is 2.49. The molecule has 3 heterocycles. The quantitative estimate of drug-likeness (QED) is 0.693. The first-order valence-corrected chi connectivity index (χ1v) is 7.53. The van der Waals surface area contributed by atoms with Crippen LogP contribution in [0.4, 0.5) is 5.95 Å². The average Bonchev–Trinajstić information content (AvgIpc) is 3.08. The number of nitrogens with one attached hydrogen (secondary N) is 1. The number of rotatable bonds is 4. The Morgan fingerprint density at radius 3 is 2.88 bits per heavy atom. The van der Waals surface area contributed by atoms with Crippen molar-refractivity contribution in [1.82, 2.24) is 19.5 Å². The van der Waals surface area contributed by atoms with Crippen molar-refractivity contribution < 1.29 is 23.8 Å². The van der Waals surface area contributed by atoms with Gasteiger partial charge in [0.25, 0.3) is 5.56 Å². The number of aromatic nitrogens is 4. The fourth-order valence-corrected chi connectivity index (χ4v) is 2.71. The maximum Gasteiger partial charge on any atom is 0.303 e. The number of carbonyl (C=O) groups excluding carboxylic acids is 2. The van der Waals surface area contributed by atoms with Crippen molar-refractivity contribution in [3.8, 4) is 0 Å². The Bertz CT molecular complexity index is 874. The van der Waals surface area contributed by atoms with Gasteiger partial charge in [-0.25, -0.2) is 4.98 Å². The second-order valence-electron chi connectivity index (χ2n) is 5.59. The molecule has 0 aliphatic carbocycles. The molecule has 2 aromatic heterocycles. The fourth-order valence-electron chi connectivity index (χ4n) is 2.71. The number of carbonyl (C=O) groups is 2. The number of hydrogen-bond donors (Lipinski definition) is 2. The van der Waals surface area contributed by atoms with Crippen molar-refractivity contribution in [2.24, 2.45) is 0 Å². The molecule has 3 N–H and O–H groups in total. The lowest BCUT2D eigenvalue weighted by Gasteiger charge is -2.17. The van der Waals surface area contributed by atoms with Gasteiger partial charge < -0.3 is 19.9 Å². The van der Waals surface area contributed by atoms with Gasteiger partial charge in [-0.1, -0.05) is 0 Å². The Labute approximate surface area is 141 Å². The smallest absolute Gasteiger partial charge is 0.303 e. The molecule has 3 atom stereocenters. The molecule has 2 aromatic rings. The summed E-state index contributed by atoms with van der Waals surface area (Å²) in [5.41, 5.74) is 5.48. The second-order valence-corrected chi connectivity index (χ2v) is 5.59. The minimum Gasteiger partial charge on any atom is -0.463 e. The minimum atomic E-state index is -0.644. The van der Waals surface area contributed by atoms with Crippen LogP contribution in [-0.2, 0) is 23.8 Å². The van der Waals surface area contributed by atoms with E-state index in [2.05, 4.69) is 15.0 Å². The second kappa shape index (κ2) is 6.51. The molecular weight excluding hydrogens is 334 g/mol. The summed E-state index contributed by atoms with van der Waals surface area (Å²) in [5, 5.41) is 0. The Hall–Kier alpha value is -2.95. The van der Waals surface area contributed by atoms with Gasteiger partial charge >= 0.3 is 11.9 Å². The van der Waals surface area contributed by atoms with E-state index in [4.69, 9.17) is 19.9 Å². The first-order valence-electron chi connectivity index (χ1n) is 7.53. The monoisotopic (exact) mass is 351 g/mol. The molecule has 1 saturated heterocycles. The molecule has 0 amide bonds. The minimum absolute atomic E-state index is 0.0507. The van der Waals surface area contributed by atoms with Gasteiger partial charge in [0.05, 0.1) is 6.33 Å². The molecule has 1 aliphatic rings. The van der Waals surface area contributed by atoms with Crippen molar-refractivity contribution in [2.45, 2.75) is 38.7 Å². The van der Waals surface area contributed by atoms with Crippen molar-refractivity contribution in [3.63, 3.8) is 0 Å². The average molecular weight is 351 g/mol. The topological polar surface area (TPSA) is 151 Å². The zero-order valence-electron chi connectivity index (χ0n) is 13.6. The van der Waals surface area contributed by atoms with Gasteiger partial charge in [-0.2, -0.15) is 4.98 Å². The van der Waals surface area contributed by atoms with Crippen LogP contribution < -0.4 is 11.3 Å². The Kier molecular flexibility index (Phi) is 4.40. The maximum absolute atomic E-state index is 11.9. The van der Waals surface area contributed by atoms with Crippen molar-refractivity contribution in [3.05, 3.63) is 16.7 Å². The number of esters is 2. The zero-order chi connectivity index (χ0) is 18.1. The highest BCUT2D eigenvalue weighted by molar-refractivity contribution is 5.70. The lowest BCUT2D eigenvalue weighted by molar-refractivity contribution is -0.155. The molecule has 25 heavy (non-hydrogen) atoms. The number of fused-ring (bicyclic) bond motifs is 1. The van der Waals surface area contributed by atoms with Crippen LogP contribution in [0, 0.1) is 0 Å². The normalized spacial score (nSPS) is 22.9. The number of aromatic amines is 1.